The largest absolute Gasteiger partial charge is 0.493 e. The number of fused-ring (bicyclic) bond motifs is 2. The molecule has 0 saturated carbocycles. The van der Waals surface area contributed by atoms with Crippen LogP contribution in [0, 0.1) is 0 Å². The summed E-state index contributed by atoms with van der Waals surface area (Å²) in [6.45, 7) is 1.46. The summed E-state index contributed by atoms with van der Waals surface area (Å²) in [5.74, 6) is -0.495. The zero-order valence-electron chi connectivity index (χ0n) is 20.8. The van der Waals surface area contributed by atoms with Crippen molar-refractivity contribution in [3.63, 3.8) is 0 Å². The highest BCUT2D eigenvalue weighted by Gasteiger charge is 2.23. The van der Waals surface area contributed by atoms with Crippen LogP contribution >= 0.6 is 0 Å². The van der Waals surface area contributed by atoms with E-state index in [1.54, 1.807) is 10.9 Å². The number of carboxylic acid groups (broad SMARTS) is 1. The lowest BCUT2D eigenvalue weighted by molar-refractivity contribution is -0.139. The molecular formula is C28H29N5O5. The van der Waals surface area contributed by atoms with Gasteiger partial charge in [-0.25, -0.2) is 9.59 Å². The minimum atomic E-state index is -1.21. The molecule has 0 spiro atoms. The summed E-state index contributed by atoms with van der Waals surface area (Å²) in [5, 5.41) is 20.5. The lowest BCUT2D eigenvalue weighted by Gasteiger charge is -2.17. The lowest BCUT2D eigenvalue weighted by atomic mass is 10.1. The summed E-state index contributed by atoms with van der Waals surface area (Å²) in [6, 6.07) is 17.6. The maximum Gasteiger partial charge on any atom is 0.408 e. The number of pyridine rings is 1. The van der Waals surface area contributed by atoms with Gasteiger partial charge < -0.3 is 25.2 Å². The van der Waals surface area contributed by atoms with Gasteiger partial charge in [-0.1, -0.05) is 30.3 Å². The number of amides is 1. The Hall–Kier alpha value is -4.60. The van der Waals surface area contributed by atoms with E-state index in [4.69, 9.17) is 14.5 Å². The molecule has 0 aliphatic carbocycles. The second-order valence-electron chi connectivity index (χ2n) is 9.07. The Labute approximate surface area is 219 Å². The van der Waals surface area contributed by atoms with Crippen LogP contribution in [-0.4, -0.2) is 51.1 Å². The van der Waals surface area contributed by atoms with Gasteiger partial charge in [0, 0.05) is 24.0 Å². The molecular weight excluding hydrogens is 486 g/mol. The summed E-state index contributed by atoms with van der Waals surface area (Å²) >= 11 is 0. The fraction of sp³-hybridized carbons (Fsp3) is 0.286. The van der Waals surface area contributed by atoms with Crippen LogP contribution in [0.3, 0.4) is 0 Å². The number of benzene rings is 2. The number of nitrogens with zero attached hydrogens (tertiary/aromatic N) is 3. The van der Waals surface area contributed by atoms with Crippen molar-refractivity contribution < 1.29 is 24.2 Å². The predicted molar refractivity (Wildman–Crippen MR) is 141 cm³/mol. The molecule has 196 valence electrons. The summed E-state index contributed by atoms with van der Waals surface area (Å²) in [4.78, 5) is 28.7. The zero-order valence-corrected chi connectivity index (χ0v) is 20.8. The van der Waals surface area contributed by atoms with E-state index >= 15 is 0 Å². The molecule has 0 bridgehead atoms. The van der Waals surface area contributed by atoms with Crippen LogP contribution in [0.1, 0.15) is 23.4 Å². The maximum atomic E-state index is 12.2. The van der Waals surface area contributed by atoms with Gasteiger partial charge in [-0.3, -0.25) is 9.67 Å². The molecule has 0 saturated heterocycles. The molecule has 2 aromatic heterocycles. The Morgan fingerprint density at radius 3 is 2.84 bits per heavy atom. The van der Waals surface area contributed by atoms with Crippen LogP contribution in [0.15, 0.2) is 66.9 Å². The van der Waals surface area contributed by atoms with Gasteiger partial charge in [-0.05, 0) is 48.7 Å². The van der Waals surface area contributed by atoms with Crippen LogP contribution < -0.4 is 15.4 Å². The average Bonchev–Trinajstić information content (AvgIpc) is 3.34. The van der Waals surface area contributed by atoms with Gasteiger partial charge in [0.2, 0.25) is 0 Å². The number of carbonyl (C=O) groups excluding carboxylic acids is 1. The number of ether oxygens (including phenoxy) is 2. The number of alkyl carbamates (subject to hydrolysis) is 1. The zero-order chi connectivity index (χ0) is 26.3. The number of aliphatic carboxylic acids is 1. The summed E-state index contributed by atoms with van der Waals surface area (Å²) in [7, 11) is 0. The summed E-state index contributed by atoms with van der Waals surface area (Å²) < 4.78 is 12.6. The first kappa shape index (κ1) is 25.1. The van der Waals surface area contributed by atoms with Gasteiger partial charge in [0.25, 0.3) is 0 Å². The third-order valence-electron chi connectivity index (χ3n) is 6.34. The molecule has 38 heavy (non-hydrogen) atoms. The van der Waals surface area contributed by atoms with E-state index in [2.05, 4.69) is 21.8 Å². The Morgan fingerprint density at radius 1 is 1.13 bits per heavy atom. The molecule has 1 unspecified atom stereocenters. The van der Waals surface area contributed by atoms with Crippen molar-refractivity contribution in [1.29, 1.82) is 0 Å². The molecule has 3 heterocycles. The first-order chi connectivity index (χ1) is 18.5. The van der Waals surface area contributed by atoms with Gasteiger partial charge in [0.05, 0.1) is 36.2 Å². The Balaban J connectivity index is 1.16. The number of aromatic nitrogens is 3. The van der Waals surface area contributed by atoms with Crippen molar-refractivity contribution in [3.05, 3.63) is 83.8 Å². The SMILES string of the molecule is O=C(NC(Cn1ncc2cc(OCCc3ccc4c(n3)CCCN4)ccc21)C(=O)O)OCc1ccccc1. The quantitative estimate of drug-likeness (QED) is 0.291. The molecule has 5 rings (SSSR count). The Kier molecular flexibility index (Phi) is 7.67. The number of hydrogen-bond donors (Lipinski definition) is 3. The molecule has 0 fully saturated rings. The van der Waals surface area contributed by atoms with Crippen molar-refractivity contribution in [2.75, 3.05) is 18.5 Å². The monoisotopic (exact) mass is 515 g/mol. The minimum absolute atomic E-state index is 0.0478. The minimum Gasteiger partial charge on any atom is -0.493 e. The molecule has 1 aliphatic heterocycles. The van der Waals surface area contributed by atoms with E-state index in [0.717, 1.165) is 52.9 Å². The summed E-state index contributed by atoms with van der Waals surface area (Å²) in [5.41, 5.74) is 4.76. The van der Waals surface area contributed by atoms with Crippen LogP contribution in [0.5, 0.6) is 5.75 Å². The molecule has 0 radical (unpaired) electrons. The van der Waals surface area contributed by atoms with Crippen molar-refractivity contribution >= 4 is 28.7 Å². The Morgan fingerprint density at radius 2 is 2.00 bits per heavy atom. The highest BCUT2D eigenvalue weighted by atomic mass is 16.5. The highest BCUT2D eigenvalue weighted by Crippen LogP contribution is 2.22. The Bertz CT molecular complexity index is 1420. The van der Waals surface area contributed by atoms with Crippen LogP contribution in [0.2, 0.25) is 0 Å². The lowest BCUT2D eigenvalue weighted by Crippen LogP contribution is -2.44. The highest BCUT2D eigenvalue weighted by molar-refractivity contribution is 5.82. The number of anilines is 1. The second kappa shape index (κ2) is 11.6. The van der Waals surface area contributed by atoms with E-state index in [0.29, 0.717) is 18.8 Å². The van der Waals surface area contributed by atoms with Gasteiger partial charge in [-0.2, -0.15) is 5.10 Å². The standard InChI is InChI=1S/C28H29N5O5/c34-27(35)25(32-28(36)38-18-19-5-2-1-3-6-19)17-33-26-11-9-22(15-20(26)16-30-33)37-14-12-21-8-10-23-24(31-21)7-4-13-29-23/h1-3,5-6,8-11,15-16,25,29H,4,7,12-14,17-18H2,(H,32,36)(H,34,35). The molecule has 2 aromatic carbocycles. The van der Waals surface area contributed by atoms with Crippen molar-refractivity contribution in [1.82, 2.24) is 20.1 Å². The van der Waals surface area contributed by atoms with Gasteiger partial charge >= 0.3 is 12.1 Å². The fourth-order valence-electron chi connectivity index (χ4n) is 4.36. The molecule has 3 N–H and O–H groups in total. The van der Waals surface area contributed by atoms with E-state index < -0.39 is 18.1 Å². The molecule has 10 heteroatoms. The maximum absolute atomic E-state index is 12.2. The van der Waals surface area contributed by atoms with Gasteiger partial charge in [0.1, 0.15) is 18.4 Å². The second-order valence-corrected chi connectivity index (χ2v) is 9.07. The van der Waals surface area contributed by atoms with E-state index in [1.165, 1.54) is 0 Å². The van der Waals surface area contributed by atoms with Gasteiger partial charge in [-0.15, -0.1) is 0 Å². The number of aryl methyl sites for hydroxylation is 1. The van der Waals surface area contributed by atoms with Crippen molar-refractivity contribution in [2.24, 2.45) is 0 Å². The number of rotatable bonds is 10. The molecule has 1 aliphatic rings. The van der Waals surface area contributed by atoms with Gasteiger partial charge in [0.15, 0.2) is 0 Å². The third-order valence-corrected chi connectivity index (χ3v) is 6.34. The first-order valence-electron chi connectivity index (χ1n) is 12.6. The molecule has 1 amide bonds. The van der Waals surface area contributed by atoms with Crippen LogP contribution in [0.25, 0.3) is 10.9 Å². The first-order valence-corrected chi connectivity index (χ1v) is 12.6. The molecule has 4 aromatic rings. The number of carboxylic acids is 1. The fourth-order valence-corrected chi connectivity index (χ4v) is 4.36. The normalized spacial score (nSPS) is 13.3. The van der Waals surface area contributed by atoms with Crippen LogP contribution in [0.4, 0.5) is 10.5 Å². The smallest absolute Gasteiger partial charge is 0.408 e. The topological polar surface area (TPSA) is 128 Å². The summed E-state index contributed by atoms with van der Waals surface area (Å²) in [6.07, 6.45) is 3.61. The molecule has 10 nitrogen and oxygen atoms in total. The average molecular weight is 516 g/mol. The number of hydrogen-bond acceptors (Lipinski definition) is 7. The van der Waals surface area contributed by atoms with E-state index in [-0.39, 0.29) is 13.2 Å². The molecule has 1 atom stereocenters. The predicted octanol–water partition coefficient (Wildman–Crippen LogP) is 3.79. The van der Waals surface area contributed by atoms with Crippen LogP contribution in [-0.2, 0) is 35.5 Å². The van der Waals surface area contributed by atoms with E-state index in [9.17, 15) is 14.7 Å². The van der Waals surface area contributed by atoms with E-state index in [1.807, 2.05) is 54.6 Å². The number of carbonyl (C=O) groups is 2. The van der Waals surface area contributed by atoms with Crippen molar-refractivity contribution in [3.8, 4) is 5.75 Å². The number of nitrogens with one attached hydrogen (secondary N) is 2. The third kappa shape index (κ3) is 6.20. The van der Waals surface area contributed by atoms with Crippen molar-refractivity contribution in [2.45, 2.75) is 38.5 Å².